The summed E-state index contributed by atoms with van der Waals surface area (Å²) in [5.41, 5.74) is -0.105. The zero-order chi connectivity index (χ0) is 10.7. The van der Waals surface area contributed by atoms with Crippen LogP contribution in [-0.4, -0.2) is 36.1 Å². The van der Waals surface area contributed by atoms with Gasteiger partial charge in [-0.05, 0) is 19.4 Å². The smallest absolute Gasteiger partial charge is 0.252 e. The van der Waals surface area contributed by atoms with Crippen LogP contribution in [-0.2, 0) is 0 Å². The van der Waals surface area contributed by atoms with E-state index in [0.29, 0.717) is 6.04 Å². The number of hydrogen-bond acceptors (Lipinski definition) is 4. The van der Waals surface area contributed by atoms with E-state index >= 15 is 0 Å². The first-order valence-electron chi connectivity index (χ1n) is 5.25. The molecule has 2 rings (SSSR count). The van der Waals surface area contributed by atoms with Gasteiger partial charge in [-0.1, -0.05) is 0 Å². The first kappa shape index (κ1) is 10.2. The third kappa shape index (κ3) is 2.56. The van der Waals surface area contributed by atoms with E-state index in [1.807, 2.05) is 11.9 Å². The van der Waals surface area contributed by atoms with Crippen LogP contribution in [0.1, 0.15) is 12.8 Å². The topological polar surface area (TPSA) is 61.0 Å². The second-order valence-electron chi connectivity index (χ2n) is 3.94. The van der Waals surface area contributed by atoms with Crippen molar-refractivity contribution in [2.45, 2.75) is 18.9 Å². The number of anilines is 1. The fraction of sp³-hybridized carbons (Fsp3) is 0.600. The SMILES string of the molecule is CN(CC1CCCN1)c1cc(=O)[nH]cn1. The number of rotatable bonds is 3. The largest absolute Gasteiger partial charge is 0.358 e. The van der Waals surface area contributed by atoms with Crippen LogP contribution in [0.4, 0.5) is 5.82 Å². The van der Waals surface area contributed by atoms with E-state index in [0.717, 1.165) is 18.9 Å². The predicted molar refractivity (Wildman–Crippen MR) is 59.2 cm³/mol. The first-order valence-corrected chi connectivity index (χ1v) is 5.25. The number of nitrogens with one attached hydrogen (secondary N) is 2. The van der Waals surface area contributed by atoms with Crippen LogP contribution in [0.2, 0.25) is 0 Å². The van der Waals surface area contributed by atoms with Crippen LogP contribution in [0, 0.1) is 0 Å². The molecular weight excluding hydrogens is 192 g/mol. The second-order valence-corrected chi connectivity index (χ2v) is 3.94. The van der Waals surface area contributed by atoms with Crippen LogP contribution >= 0.6 is 0 Å². The molecule has 1 aromatic heterocycles. The predicted octanol–water partition coefficient (Wildman–Crippen LogP) is -0.0419. The molecule has 1 aromatic rings. The van der Waals surface area contributed by atoms with E-state index in [-0.39, 0.29) is 5.56 Å². The summed E-state index contributed by atoms with van der Waals surface area (Å²) in [6.45, 7) is 2.00. The lowest BCUT2D eigenvalue weighted by molar-refractivity contribution is 0.597. The van der Waals surface area contributed by atoms with Crippen LogP contribution < -0.4 is 15.8 Å². The van der Waals surface area contributed by atoms with Crippen molar-refractivity contribution in [2.24, 2.45) is 0 Å². The summed E-state index contributed by atoms with van der Waals surface area (Å²) in [4.78, 5) is 19.7. The van der Waals surface area contributed by atoms with Gasteiger partial charge in [0.1, 0.15) is 5.82 Å². The summed E-state index contributed by atoms with van der Waals surface area (Å²) in [5, 5.41) is 3.42. The second kappa shape index (κ2) is 4.44. The Hall–Kier alpha value is -1.36. The highest BCUT2D eigenvalue weighted by Crippen LogP contribution is 2.10. The summed E-state index contributed by atoms with van der Waals surface area (Å²) in [7, 11) is 1.96. The third-order valence-corrected chi connectivity index (χ3v) is 2.71. The first-order chi connectivity index (χ1) is 7.25. The van der Waals surface area contributed by atoms with Gasteiger partial charge in [-0.15, -0.1) is 0 Å². The molecule has 1 atom stereocenters. The quantitative estimate of drug-likeness (QED) is 0.731. The van der Waals surface area contributed by atoms with Gasteiger partial charge in [-0.25, -0.2) is 4.98 Å². The number of aromatic nitrogens is 2. The maximum Gasteiger partial charge on any atom is 0.252 e. The van der Waals surface area contributed by atoms with Crippen LogP contribution in [0.3, 0.4) is 0 Å². The minimum Gasteiger partial charge on any atom is -0.358 e. The average Bonchev–Trinajstić information content (AvgIpc) is 2.70. The Labute approximate surface area is 88.5 Å². The molecule has 2 N–H and O–H groups in total. The Kier molecular flexibility index (Phi) is 3.01. The monoisotopic (exact) mass is 208 g/mol. The van der Waals surface area contributed by atoms with Gasteiger partial charge in [0.2, 0.25) is 0 Å². The summed E-state index contributed by atoms with van der Waals surface area (Å²) < 4.78 is 0. The summed E-state index contributed by atoms with van der Waals surface area (Å²) in [5.74, 6) is 0.729. The molecule has 1 aliphatic rings. The Morgan fingerprint density at radius 1 is 1.67 bits per heavy atom. The van der Waals surface area contributed by atoms with Crippen molar-refractivity contribution in [2.75, 3.05) is 25.0 Å². The van der Waals surface area contributed by atoms with Crippen molar-refractivity contribution in [1.82, 2.24) is 15.3 Å². The van der Waals surface area contributed by atoms with Crippen molar-refractivity contribution in [3.8, 4) is 0 Å². The van der Waals surface area contributed by atoms with E-state index in [2.05, 4.69) is 15.3 Å². The molecular formula is C10H16N4O. The Balaban J connectivity index is 2.00. The molecule has 0 spiro atoms. The van der Waals surface area contributed by atoms with E-state index < -0.39 is 0 Å². The Morgan fingerprint density at radius 3 is 3.20 bits per heavy atom. The molecule has 0 radical (unpaired) electrons. The number of hydrogen-bond donors (Lipinski definition) is 2. The Morgan fingerprint density at radius 2 is 2.53 bits per heavy atom. The highest BCUT2D eigenvalue weighted by atomic mass is 16.1. The highest BCUT2D eigenvalue weighted by molar-refractivity contribution is 5.35. The minimum atomic E-state index is -0.105. The van der Waals surface area contributed by atoms with Gasteiger partial charge in [-0.3, -0.25) is 4.79 Å². The molecule has 1 unspecified atom stereocenters. The van der Waals surface area contributed by atoms with Gasteiger partial charge in [0.05, 0.1) is 6.33 Å². The van der Waals surface area contributed by atoms with Crippen molar-refractivity contribution < 1.29 is 0 Å². The number of nitrogens with zero attached hydrogens (tertiary/aromatic N) is 2. The van der Waals surface area contributed by atoms with Crippen molar-refractivity contribution in [3.63, 3.8) is 0 Å². The molecule has 2 heterocycles. The van der Waals surface area contributed by atoms with Gasteiger partial charge in [0.15, 0.2) is 0 Å². The van der Waals surface area contributed by atoms with Crippen LogP contribution in [0.15, 0.2) is 17.2 Å². The lowest BCUT2D eigenvalue weighted by Crippen LogP contribution is -2.36. The number of aromatic amines is 1. The normalized spacial score (nSPS) is 20.5. The molecule has 0 amide bonds. The van der Waals surface area contributed by atoms with Gasteiger partial charge >= 0.3 is 0 Å². The molecule has 0 aliphatic carbocycles. The summed E-state index contributed by atoms with van der Waals surface area (Å²) in [6, 6.07) is 2.05. The Bertz CT molecular complexity index is 370. The average molecular weight is 208 g/mol. The molecule has 5 nitrogen and oxygen atoms in total. The van der Waals surface area contributed by atoms with E-state index in [1.165, 1.54) is 25.2 Å². The fourth-order valence-corrected chi connectivity index (χ4v) is 1.90. The van der Waals surface area contributed by atoms with E-state index in [9.17, 15) is 4.79 Å². The summed E-state index contributed by atoms with van der Waals surface area (Å²) >= 11 is 0. The molecule has 1 saturated heterocycles. The molecule has 15 heavy (non-hydrogen) atoms. The third-order valence-electron chi connectivity index (χ3n) is 2.71. The number of likely N-dealkylation sites (N-methyl/N-ethyl adjacent to an activating group) is 1. The molecule has 1 aliphatic heterocycles. The lowest BCUT2D eigenvalue weighted by atomic mass is 10.2. The maximum absolute atomic E-state index is 11.1. The zero-order valence-corrected chi connectivity index (χ0v) is 8.86. The zero-order valence-electron chi connectivity index (χ0n) is 8.86. The van der Waals surface area contributed by atoms with Crippen molar-refractivity contribution >= 4 is 5.82 Å². The van der Waals surface area contributed by atoms with E-state index in [1.54, 1.807) is 0 Å². The van der Waals surface area contributed by atoms with Gasteiger partial charge in [0, 0.05) is 25.7 Å². The molecule has 0 aromatic carbocycles. The van der Waals surface area contributed by atoms with Crippen LogP contribution in [0.5, 0.6) is 0 Å². The van der Waals surface area contributed by atoms with E-state index in [4.69, 9.17) is 0 Å². The molecule has 0 bridgehead atoms. The molecule has 1 fully saturated rings. The van der Waals surface area contributed by atoms with Crippen molar-refractivity contribution in [3.05, 3.63) is 22.7 Å². The molecule has 0 saturated carbocycles. The minimum absolute atomic E-state index is 0.105. The number of H-pyrrole nitrogens is 1. The van der Waals surface area contributed by atoms with Gasteiger partial charge in [0.25, 0.3) is 5.56 Å². The molecule has 5 heteroatoms. The maximum atomic E-state index is 11.1. The molecule has 82 valence electrons. The lowest BCUT2D eigenvalue weighted by Gasteiger charge is -2.21. The highest BCUT2D eigenvalue weighted by Gasteiger charge is 2.16. The standard InChI is InChI=1S/C10H16N4O/c1-14(6-8-3-2-4-11-8)9-5-10(15)13-7-12-9/h5,7-8,11H,2-4,6H2,1H3,(H,12,13,15). The fourth-order valence-electron chi connectivity index (χ4n) is 1.90. The van der Waals surface area contributed by atoms with Crippen LogP contribution in [0.25, 0.3) is 0 Å². The van der Waals surface area contributed by atoms with Crippen molar-refractivity contribution in [1.29, 1.82) is 0 Å². The van der Waals surface area contributed by atoms with Gasteiger partial charge in [-0.2, -0.15) is 0 Å². The van der Waals surface area contributed by atoms with Gasteiger partial charge < -0.3 is 15.2 Å². The summed E-state index contributed by atoms with van der Waals surface area (Å²) in [6.07, 6.45) is 3.88.